The monoisotopic (exact) mass is 200 g/mol. The van der Waals surface area contributed by atoms with Gasteiger partial charge in [0, 0.05) is 0 Å². The molecule has 0 aromatic carbocycles. The fraction of sp³-hybridized carbons (Fsp3) is 0.833. The Bertz CT molecular complexity index is 183. The molecule has 0 aromatic rings. The molecule has 2 atom stereocenters. The zero-order chi connectivity index (χ0) is 10.6. The average molecular weight is 200 g/mol. The van der Waals surface area contributed by atoms with Crippen LogP contribution >= 0.6 is 0 Å². The fourth-order valence-electron chi connectivity index (χ4n) is 0.646. The molecule has 0 aliphatic carbocycles. The van der Waals surface area contributed by atoms with Crippen LogP contribution < -0.4 is 11.5 Å². The van der Waals surface area contributed by atoms with E-state index in [1.807, 2.05) is 0 Å². The minimum Gasteiger partial charge on any atom is -0.480 e. The predicted molar refractivity (Wildman–Crippen MR) is 38.9 cm³/mol. The van der Waals surface area contributed by atoms with E-state index in [4.69, 9.17) is 16.6 Å². The average Bonchev–Trinajstić information content (AvgIpc) is 1.97. The van der Waals surface area contributed by atoms with E-state index in [2.05, 4.69) is 0 Å². The molecule has 0 rings (SSSR count). The number of carbonyl (C=O) groups is 1. The van der Waals surface area contributed by atoms with E-state index in [-0.39, 0.29) is 6.42 Å². The van der Waals surface area contributed by atoms with Crippen molar-refractivity contribution in [3.8, 4) is 0 Å². The van der Waals surface area contributed by atoms with Crippen molar-refractivity contribution in [2.24, 2.45) is 11.5 Å². The van der Waals surface area contributed by atoms with E-state index in [9.17, 15) is 18.0 Å². The van der Waals surface area contributed by atoms with Crippen LogP contribution in [0.2, 0.25) is 0 Å². The third-order valence-electron chi connectivity index (χ3n) is 1.53. The summed E-state index contributed by atoms with van der Waals surface area (Å²) in [5, 5.41) is 8.25. The molecule has 0 unspecified atom stereocenters. The molecule has 7 heteroatoms. The second-order valence-electron chi connectivity index (χ2n) is 2.67. The Balaban J connectivity index is 3.83. The number of nitrogens with two attached hydrogens (primary N) is 2. The maximum Gasteiger partial charge on any atom is 0.403 e. The second-order valence-corrected chi connectivity index (χ2v) is 2.67. The summed E-state index contributed by atoms with van der Waals surface area (Å²) in [6.07, 6.45) is -5.24. The Morgan fingerprint density at radius 2 is 1.77 bits per heavy atom. The number of carboxylic acids is 1. The van der Waals surface area contributed by atoms with Gasteiger partial charge in [-0.05, 0) is 12.8 Å². The highest BCUT2D eigenvalue weighted by atomic mass is 19.4. The van der Waals surface area contributed by atoms with Crippen LogP contribution in [0.4, 0.5) is 13.2 Å². The largest absolute Gasteiger partial charge is 0.480 e. The Morgan fingerprint density at radius 3 is 2.08 bits per heavy atom. The van der Waals surface area contributed by atoms with Crippen molar-refractivity contribution in [1.29, 1.82) is 0 Å². The molecule has 0 saturated carbocycles. The standard InChI is InChI=1S/C6H11F3N2O2/c7-6(8,9)4(11)2-1-3(10)5(12)13/h3-4H,1-2,10-11H2,(H,12,13)/t3-,4+/m1/s1. The number of halogens is 3. The number of hydrogen-bond donors (Lipinski definition) is 3. The van der Waals surface area contributed by atoms with Crippen molar-refractivity contribution in [3.05, 3.63) is 0 Å². The predicted octanol–water partition coefficient (Wildman–Crippen LogP) is 0.0681. The Hall–Kier alpha value is -0.820. The van der Waals surface area contributed by atoms with Gasteiger partial charge < -0.3 is 16.6 Å². The van der Waals surface area contributed by atoms with Gasteiger partial charge in [0.25, 0.3) is 0 Å². The van der Waals surface area contributed by atoms with Crippen LogP contribution in [0.1, 0.15) is 12.8 Å². The topological polar surface area (TPSA) is 89.3 Å². The van der Waals surface area contributed by atoms with Crippen molar-refractivity contribution in [1.82, 2.24) is 0 Å². The first-order valence-electron chi connectivity index (χ1n) is 3.56. The fourth-order valence-corrected chi connectivity index (χ4v) is 0.646. The summed E-state index contributed by atoms with van der Waals surface area (Å²) in [4.78, 5) is 10.1. The van der Waals surface area contributed by atoms with Gasteiger partial charge in [0.2, 0.25) is 0 Å². The summed E-state index contributed by atoms with van der Waals surface area (Å²) in [6.45, 7) is 0. The summed E-state index contributed by atoms with van der Waals surface area (Å²) in [6, 6.07) is -3.29. The molecule has 0 heterocycles. The zero-order valence-corrected chi connectivity index (χ0v) is 6.71. The lowest BCUT2D eigenvalue weighted by molar-refractivity contribution is -0.151. The lowest BCUT2D eigenvalue weighted by Gasteiger charge is -2.16. The van der Waals surface area contributed by atoms with Gasteiger partial charge in [-0.3, -0.25) is 4.79 Å². The lowest BCUT2D eigenvalue weighted by atomic mass is 10.1. The third kappa shape index (κ3) is 4.69. The zero-order valence-electron chi connectivity index (χ0n) is 6.71. The number of aliphatic carboxylic acids is 1. The molecule has 0 aromatic heterocycles. The Morgan fingerprint density at radius 1 is 1.31 bits per heavy atom. The molecular formula is C6H11F3N2O2. The first-order chi connectivity index (χ1) is 5.75. The van der Waals surface area contributed by atoms with Crippen molar-refractivity contribution in [3.63, 3.8) is 0 Å². The van der Waals surface area contributed by atoms with Crippen LogP contribution in [-0.2, 0) is 4.79 Å². The van der Waals surface area contributed by atoms with Gasteiger partial charge in [-0.15, -0.1) is 0 Å². The molecule has 0 aliphatic rings. The molecule has 78 valence electrons. The van der Waals surface area contributed by atoms with E-state index in [0.717, 1.165) is 0 Å². The normalized spacial score (nSPS) is 16.7. The molecule has 0 bridgehead atoms. The molecule has 13 heavy (non-hydrogen) atoms. The third-order valence-corrected chi connectivity index (χ3v) is 1.53. The molecule has 0 amide bonds. The summed E-state index contributed by atoms with van der Waals surface area (Å²) >= 11 is 0. The Labute approximate surface area is 72.7 Å². The maximum atomic E-state index is 11.8. The van der Waals surface area contributed by atoms with Crippen molar-refractivity contribution < 1.29 is 23.1 Å². The minimum atomic E-state index is -4.49. The molecular weight excluding hydrogens is 189 g/mol. The van der Waals surface area contributed by atoms with Crippen molar-refractivity contribution in [2.45, 2.75) is 31.1 Å². The molecule has 0 aliphatic heterocycles. The highest BCUT2D eigenvalue weighted by Crippen LogP contribution is 2.21. The van der Waals surface area contributed by atoms with Crippen LogP contribution in [0.5, 0.6) is 0 Å². The first-order valence-corrected chi connectivity index (χ1v) is 3.56. The molecule has 5 N–H and O–H groups in total. The van der Waals surface area contributed by atoms with Crippen LogP contribution in [0.15, 0.2) is 0 Å². The molecule has 0 spiro atoms. The SMILES string of the molecule is N[C@H](CC[C@H](N)C(F)(F)F)C(=O)O. The highest BCUT2D eigenvalue weighted by molar-refractivity contribution is 5.72. The number of carboxylic acid groups (broad SMARTS) is 1. The summed E-state index contributed by atoms with van der Waals surface area (Å²) in [5.41, 5.74) is 9.71. The first kappa shape index (κ1) is 12.2. The van der Waals surface area contributed by atoms with E-state index in [1.54, 1.807) is 0 Å². The van der Waals surface area contributed by atoms with Crippen LogP contribution in [0.25, 0.3) is 0 Å². The van der Waals surface area contributed by atoms with Gasteiger partial charge in [0.05, 0.1) is 0 Å². The van der Waals surface area contributed by atoms with Gasteiger partial charge in [-0.1, -0.05) is 0 Å². The molecule has 4 nitrogen and oxygen atoms in total. The summed E-state index contributed by atoms with van der Waals surface area (Å²) < 4.78 is 35.4. The van der Waals surface area contributed by atoms with E-state index in [0.29, 0.717) is 0 Å². The van der Waals surface area contributed by atoms with E-state index < -0.39 is 30.7 Å². The van der Waals surface area contributed by atoms with E-state index in [1.165, 1.54) is 0 Å². The van der Waals surface area contributed by atoms with E-state index >= 15 is 0 Å². The van der Waals surface area contributed by atoms with Gasteiger partial charge in [-0.25, -0.2) is 0 Å². The van der Waals surface area contributed by atoms with Crippen molar-refractivity contribution >= 4 is 5.97 Å². The summed E-state index contributed by atoms with van der Waals surface area (Å²) in [7, 11) is 0. The van der Waals surface area contributed by atoms with Gasteiger partial charge in [0.1, 0.15) is 12.1 Å². The smallest absolute Gasteiger partial charge is 0.403 e. The minimum absolute atomic E-state index is 0.282. The summed E-state index contributed by atoms with van der Waals surface area (Å²) in [5.74, 6) is -1.32. The second kappa shape index (κ2) is 4.43. The Kier molecular flexibility index (Phi) is 4.15. The maximum absolute atomic E-state index is 11.8. The lowest BCUT2D eigenvalue weighted by Crippen LogP contribution is -2.40. The van der Waals surface area contributed by atoms with Crippen molar-refractivity contribution in [2.75, 3.05) is 0 Å². The quantitative estimate of drug-likeness (QED) is 0.599. The van der Waals surface area contributed by atoms with Crippen LogP contribution in [-0.4, -0.2) is 29.3 Å². The van der Waals surface area contributed by atoms with Gasteiger partial charge in [0.15, 0.2) is 0 Å². The van der Waals surface area contributed by atoms with Gasteiger partial charge >= 0.3 is 12.1 Å². The highest BCUT2D eigenvalue weighted by Gasteiger charge is 2.36. The molecule has 0 fully saturated rings. The number of rotatable bonds is 4. The van der Waals surface area contributed by atoms with Gasteiger partial charge in [-0.2, -0.15) is 13.2 Å². The molecule has 0 radical (unpaired) electrons. The van der Waals surface area contributed by atoms with Crippen LogP contribution in [0, 0.1) is 0 Å². The number of hydrogen-bond acceptors (Lipinski definition) is 3. The molecule has 0 saturated heterocycles. The number of alkyl halides is 3. The van der Waals surface area contributed by atoms with Crippen LogP contribution in [0.3, 0.4) is 0 Å².